The molecule has 7 heteroatoms. The maximum absolute atomic E-state index is 10.9. The topological polar surface area (TPSA) is 116 Å². The molecule has 4 N–H and O–H groups in total. The highest BCUT2D eigenvalue weighted by molar-refractivity contribution is 5.77. The molecular weight excluding hydrogens is 228 g/mol. The molecule has 0 aromatic rings. The van der Waals surface area contributed by atoms with Crippen molar-refractivity contribution in [2.24, 2.45) is 0 Å². The van der Waals surface area contributed by atoms with Gasteiger partial charge in [0, 0.05) is 20.3 Å². The highest BCUT2D eigenvalue weighted by Gasteiger charge is 2.36. The normalized spacial score (nSPS) is 17.5. The van der Waals surface area contributed by atoms with Crippen molar-refractivity contribution in [1.82, 2.24) is 10.6 Å². The first-order chi connectivity index (χ1) is 7.71. The van der Waals surface area contributed by atoms with E-state index in [0.717, 1.165) is 0 Å². The number of hydrogen-bond acceptors (Lipinski definition) is 5. The first kappa shape index (κ1) is 15.5. The Morgan fingerprint density at radius 3 is 2.18 bits per heavy atom. The van der Waals surface area contributed by atoms with Crippen LogP contribution in [0.5, 0.6) is 0 Å². The summed E-state index contributed by atoms with van der Waals surface area (Å²) in [6, 6.07) is -0.987. The van der Waals surface area contributed by atoms with Crippen molar-refractivity contribution in [2.45, 2.75) is 45.1 Å². The summed E-state index contributed by atoms with van der Waals surface area (Å²) in [5, 5.41) is 23.8. The number of carbonyl (C=O) groups is 3. The van der Waals surface area contributed by atoms with Crippen LogP contribution in [0.1, 0.15) is 27.2 Å². The van der Waals surface area contributed by atoms with Gasteiger partial charge in [-0.3, -0.25) is 9.59 Å². The van der Waals surface area contributed by atoms with Gasteiger partial charge >= 0.3 is 0 Å². The zero-order valence-electron chi connectivity index (χ0n) is 10.1. The molecule has 0 aromatic heterocycles. The quantitative estimate of drug-likeness (QED) is 0.329. The van der Waals surface area contributed by atoms with Crippen molar-refractivity contribution >= 4 is 18.1 Å². The monoisotopic (exact) mass is 246 g/mol. The van der Waals surface area contributed by atoms with Crippen LogP contribution in [0.3, 0.4) is 0 Å². The molecular formula is C10H18N2O5. The third-order valence-electron chi connectivity index (χ3n) is 2.17. The van der Waals surface area contributed by atoms with E-state index in [1.54, 1.807) is 0 Å². The fraction of sp³-hybridized carbons (Fsp3) is 0.700. The zero-order chi connectivity index (χ0) is 13.6. The summed E-state index contributed by atoms with van der Waals surface area (Å²) in [7, 11) is 0. The molecule has 0 radical (unpaired) electrons. The van der Waals surface area contributed by atoms with Gasteiger partial charge in [0.1, 0.15) is 6.29 Å². The van der Waals surface area contributed by atoms with Crippen LogP contribution in [0, 0.1) is 0 Å². The van der Waals surface area contributed by atoms with E-state index in [0.29, 0.717) is 6.29 Å². The maximum Gasteiger partial charge on any atom is 0.219 e. The largest absolute Gasteiger partial charge is 0.388 e. The summed E-state index contributed by atoms with van der Waals surface area (Å²) >= 11 is 0. The summed E-state index contributed by atoms with van der Waals surface area (Å²) in [5.41, 5.74) is -1.96. The van der Waals surface area contributed by atoms with Crippen LogP contribution in [0.2, 0.25) is 0 Å². The van der Waals surface area contributed by atoms with E-state index in [2.05, 4.69) is 10.6 Å². The SMILES string of the molecule is CC(=O)N[C@@H](C=O)C[C@@](O)(NC(C)=O)[C@@H](C)O. The van der Waals surface area contributed by atoms with Crippen LogP contribution in [-0.4, -0.2) is 46.2 Å². The molecule has 0 saturated carbocycles. The van der Waals surface area contributed by atoms with E-state index in [9.17, 15) is 24.6 Å². The molecule has 0 spiro atoms. The van der Waals surface area contributed by atoms with Crippen LogP contribution >= 0.6 is 0 Å². The predicted molar refractivity (Wildman–Crippen MR) is 58.7 cm³/mol. The number of hydrogen-bond donors (Lipinski definition) is 4. The summed E-state index contributed by atoms with van der Waals surface area (Å²) in [4.78, 5) is 32.4. The minimum Gasteiger partial charge on any atom is -0.388 e. The smallest absolute Gasteiger partial charge is 0.219 e. The fourth-order valence-electron chi connectivity index (χ4n) is 1.36. The third-order valence-corrected chi connectivity index (χ3v) is 2.17. The van der Waals surface area contributed by atoms with Crippen molar-refractivity contribution in [3.63, 3.8) is 0 Å². The van der Waals surface area contributed by atoms with Gasteiger partial charge in [-0.15, -0.1) is 0 Å². The molecule has 0 bridgehead atoms. The van der Waals surface area contributed by atoms with Gasteiger partial charge < -0.3 is 25.6 Å². The van der Waals surface area contributed by atoms with Gasteiger partial charge in [-0.2, -0.15) is 0 Å². The summed E-state index contributed by atoms with van der Waals surface area (Å²) in [6.45, 7) is 3.66. The van der Waals surface area contributed by atoms with Crippen molar-refractivity contribution in [1.29, 1.82) is 0 Å². The average molecular weight is 246 g/mol. The Balaban J connectivity index is 4.77. The summed E-state index contributed by atoms with van der Waals surface area (Å²) in [5.74, 6) is -1.00. The van der Waals surface area contributed by atoms with Crippen molar-refractivity contribution in [3.05, 3.63) is 0 Å². The van der Waals surface area contributed by atoms with Gasteiger partial charge in [0.05, 0.1) is 12.1 Å². The zero-order valence-corrected chi connectivity index (χ0v) is 10.1. The first-order valence-corrected chi connectivity index (χ1v) is 5.13. The van der Waals surface area contributed by atoms with Gasteiger partial charge in [0.15, 0.2) is 5.72 Å². The number of carbonyl (C=O) groups excluding carboxylic acids is 3. The van der Waals surface area contributed by atoms with Crippen LogP contribution in [0.15, 0.2) is 0 Å². The third kappa shape index (κ3) is 5.41. The molecule has 0 fully saturated rings. The molecule has 7 nitrogen and oxygen atoms in total. The fourth-order valence-corrected chi connectivity index (χ4v) is 1.36. The van der Waals surface area contributed by atoms with Crippen LogP contribution in [-0.2, 0) is 14.4 Å². The molecule has 3 atom stereocenters. The average Bonchev–Trinajstić information content (AvgIpc) is 2.14. The molecule has 0 unspecified atom stereocenters. The molecule has 98 valence electrons. The lowest BCUT2D eigenvalue weighted by molar-refractivity contribution is -0.142. The van der Waals surface area contributed by atoms with E-state index in [-0.39, 0.29) is 6.42 Å². The molecule has 0 rings (SSSR count). The standard InChI is InChI=1S/C10H18N2O5/c1-6(14)10(17,12-8(3)16)4-9(5-13)11-7(2)15/h5-6,9,14,17H,4H2,1-3H3,(H,11,15)(H,12,16)/t6-,9-,10+/m1/s1. The van der Waals surface area contributed by atoms with Gasteiger partial charge in [0.25, 0.3) is 0 Å². The molecule has 2 amide bonds. The minimum absolute atomic E-state index is 0.312. The predicted octanol–water partition coefficient (Wildman–Crippen LogP) is -1.71. The lowest BCUT2D eigenvalue weighted by Crippen LogP contribution is -2.58. The van der Waals surface area contributed by atoms with E-state index >= 15 is 0 Å². The summed E-state index contributed by atoms with van der Waals surface area (Å²) < 4.78 is 0. The van der Waals surface area contributed by atoms with Crippen LogP contribution in [0.25, 0.3) is 0 Å². The molecule has 0 saturated heterocycles. The van der Waals surface area contributed by atoms with Crippen molar-refractivity contribution in [2.75, 3.05) is 0 Å². The van der Waals surface area contributed by atoms with E-state index in [4.69, 9.17) is 0 Å². The minimum atomic E-state index is -1.96. The molecule has 0 aliphatic heterocycles. The number of aliphatic hydroxyl groups excluding tert-OH is 1. The number of aldehydes is 1. The van der Waals surface area contributed by atoms with Crippen molar-refractivity contribution in [3.8, 4) is 0 Å². The second-order valence-corrected chi connectivity index (χ2v) is 3.93. The molecule has 0 aliphatic rings. The Hall–Kier alpha value is -1.47. The van der Waals surface area contributed by atoms with Crippen molar-refractivity contribution < 1.29 is 24.6 Å². The van der Waals surface area contributed by atoms with Gasteiger partial charge in [0.2, 0.25) is 11.8 Å². The van der Waals surface area contributed by atoms with Crippen LogP contribution < -0.4 is 10.6 Å². The van der Waals surface area contributed by atoms with Crippen LogP contribution in [0.4, 0.5) is 0 Å². The molecule has 17 heavy (non-hydrogen) atoms. The Kier molecular flexibility index (Phi) is 5.77. The highest BCUT2D eigenvalue weighted by Crippen LogP contribution is 2.14. The Morgan fingerprint density at radius 2 is 1.88 bits per heavy atom. The highest BCUT2D eigenvalue weighted by atomic mass is 16.4. The van der Waals surface area contributed by atoms with Gasteiger partial charge in [-0.1, -0.05) is 0 Å². The lowest BCUT2D eigenvalue weighted by Gasteiger charge is -2.33. The Morgan fingerprint density at radius 1 is 1.35 bits per heavy atom. The number of amides is 2. The van der Waals surface area contributed by atoms with Gasteiger partial charge in [-0.05, 0) is 6.92 Å². The van der Waals surface area contributed by atoms with E-state index in [1.807, 2.05) is 0 Å². The first-order valence-electron chi connectivity index (χ1n) is 5.13. The molecule has 0 aliphatic carbocycles. The summed E-state index contributed by atoms with van der Waals surface area (Å²) in [6.07, 6.45) is -1.17. The van der Waals surface area contributed by atoms with E-state index < -0.39 is 29.7 Å². The number of nitrogens with one attached hydrogen (secondary N) is 2. The number of rotatable bonds is 6. The maximum atomic E-state index is 10.9. The second-order valence-electron chi connectivity index (χ2n) is 3.93. The molecule has 0 heterocycles. The van der Waals surface area contributed by atoms with Gasteiger partial charge in [-0.25, -0.2) is 0 Å². The Bertz CT molecular complexity index is 305. The lowest BCUT2D eigenvalue weighted by atomic mass is 9.98. The van der Waals surface area contributed by atoms with E-state index in [1.165, 1.54) is 20.8 Å². The molecule has 0 aromatic carbocycles. The number of aliphatic hydroxyl groups is 2. The Labute approximate surface area is 99.2 Å². The second kappa shape index (κ2) is 6.31.